The zero-order chi connectivity index (χ0) is 12.3. The number of para-hydroxylation sites is 1. The summed E-state index contributed by atoms with van der Waals surface area (Å²) in [5, 5.41) is 0. The lowest BCUT2D eigenvalue weighted by Crippen LogP contribution is -2.15. The summed E-state index contributed by atoms with van der Waals surface area (Å²) in [6.45, 7) is 8.37. The van der Waals surface area contributed by atoms with Gasteiger partial charge in [-0.05, 0) is 23.5 Å². The SMILES string of the molecule is CCC(C)(C)Cc1ccccc1OCC1CO1. The van der Waals surface area contributed by atoms with Crippen LogP contribution in [0.4, 0.5) is 0 Å². The van der Waals surface area contributed by atoms with Gasteiger partial charge in [0.05, 0.1) is 6.61 Å². The highest BCUT2D eigenvalue weighted by molar-refractivity contribution is 5.34. The van der Waals surface area contributed by atoms with E-state index in [1.54, 1.807) is 0 Å². The molecule has 2 nitrogen and oxygen atoms in total. The molecular formula is C15H22O2. The molecule has 0 aromatic heterocycles. The molecule has 0 aliphatic carbocycles. The van der Waals surface area contributed by atoms with Gasteiger partial charge < -0.3 is 9.47 Å². The van der Waals surface area contributed by atoms with Crippen molar-refractivity contribution >= 4 is 0 Å². The maximum absolute atomic E-state index is 5.83. The average Bonchev–Trinajstić information content (AvgIpc) is 3.11. The van der Waals surface area contributed by atoms with Gasteiger partial charge in [-0.15, -0.1) is 0 Å². The van der Waals surface area contributed by atoms with Crippen molar-refractivity contribution < 1.29 is 9.47 Å². The van der Waals surface area contributed by atoms with Crippen molar-refractivity contribution in [3.63, 3.8) is 0 Å². The Hall–Kier alpha value is -1.02. The van der Waals surface area contributed by atoms with E-state index < -0.39 is 0 Å². The Kier molecular flexibility index (Phi) is 3.72. The first-order valence-electron chi connectivity index (χ1n) is 6.43. The fourth-order valence-corrected chi connectivity index (χ4v) is 1.78. The zero-order valence-corrected chi connectivity index (χ0v) is 11.0. The Morgan fingerprint density at radius 1 is 1.35 bits per heavy atom. The number of hydrogen-bond acceptors (Lipinski definition) is 2. The Morgan fingerprint density at radius 3 is 2.71 bits per heavy atom. The molecule has 1 aromatic carbocycles. The van der Waals surface area contributed by atoms with E-state index in [4.69, 9.17) is 9.47 Å². The first-order chi connectivity index (χ1) is 8.11. The van der Waals surface area contributed by atoms with Crippen molar-refractivity contribution in [2.24, 2.45) is 5.41 Å². The van der Waals surface area contributed by atoms with E-state index in [-0.39, 0.29) is 0 Å². The molecule has 1 atom stereocenters. The molecule has 1 aromatic rings. The molecule has 0 radical (unpaired) electrons. The molecule has 1 saturated heterocycles. The lowest BCUT2D eigenvalue weighted by atomic mass is 9.83. The molecule has 2 rings (SSSR count). The molecule has 0 saturated carbocycles. The second-order valence-electron chi connectivity index (χ2n) is 5.57. The molecule has 1 fully saturated rings. The minimum Gasteiger partial charge on any atom is -0.491 e. The smallest absolute Gasteiger partial charge is 0.122 e. The van der Waals surface area contributed by atoms with E-state index in [2.05, 4.69) is 39.0 Å². The number of hydrogen-bond donors (Lipinski definition) is 0. The molecule has 0 N–H and O–H groups in total. The molecule has 1 unspecified atom stereocenters. The highest BCUT2D eigenvalue weighted by Crippen LogP contribution is 2.30. The van der Waals surface area contributed by atoms with Gasteiger partial charge in [0, 0.05) is 0 Å². The van der Waals surface area contributed by atoms with Crippen molar-refractivity contribution in [2.75, 3.05) is 13.2 Å². The third kappa shape index (κ3) is 3.74. The van der Waals surface area contributed by atoms with E-state index in [0.29, 0.717) is 18.1 Å². The monoisotopic (exact) mass is 234 g/mol. The summed E-state index contributed by atoms with van der Waals surface area (Å²) in [7, 11) is 0. The van der Waals surface area contributed by atoms with Crippen LogP contribution in [0.15, 0.2) is 24.3 Å². The quantitative estimate of drug-likeness (QED) is 0.703. The predicted molar refractivity (Wildman–Crippen MR) is 69.5 cm³/mol. The van der Waals surface area contributed by atoms with Crippen LogP contribution in [0.25, 0.3) is 0 Å². The fourth-order valence-electron chi connectivity index (χ4n) is 1.78. The summed E-state index contributed by atoms with van der Waals surface area (Å²) in [6, 6.07) is 8.34. The van der Waals surface area contributed by atoms with Gasteiger partial charge in [-0.3, -0.25) is 0 Å². The van der Waals surface area contributed by atoms with E-state index in [0.717, 1.165) is 18.8 Å². The first-order valence-corrected chi connectivity index (χ1v) is 6.43. The van der Waals surface area contributed by atoms with Crippen LogP contribution in [-0.2, 0) is 11.2 Å². The number of rotatable bonds is 6. The molecule has 1 aliphatic rings. The predicted octanol–water partition coefficient (Wildman–Crippen LogP) is 3.44. The average molecular weight is 234 g/mol. The largest absolute Gasteiger partial charge is 0.491 e. The third-order valence-electron chi connectivity index (χ3n) is 3.43. The molecule has 0 bridgehead atoms. The molecule has 17 heavy (non-hydrogen) atoms. The standard InChI is InChI=1S/C15H22O2/c1-4-15(2,3)9-12-7-5-6-8-14(12)17-11-13-10-16-13/h5-8,13H,4,9-11H2,1-3H3. The van der Waals surface area contributed by atoms with Crippen LogP contribution in [0.1, 0.15) is 32.8 Å². The van der Waals surface area contributed by atoms with E-state index in [1.807, 2.05) is 6.07 Å². The van der Waals surface area contributed by atoms with Gasteiger partial charge in [-0.25, -0.2) is 0 Å². The topological polar surface area (TPSA) is 21.8 Å². The highest BCUT2D eigenvalue weighted by Gasteiger charge is 2.24. The van der Waals surface area contributed by atoms with Crippen LogP contribution in [0.2, 0.25) is 0 Å². The molecule has 0 amide bonds. The van der Waals surface area contributed by atoms with Crippen LogP contribution >= 0.6 is 0 Å². The van der Waals surface area contributed by atoms with Gasteiger partial charge in [0.25, 0.3) is 0 Å². The molecule has 1 heterocycles. The summed E-state index contributed by atoms with van der Waals surface area (Å²) < 4.78 is 11.0. The van der Waals surface area contributed by atoms with Crippen molar-refractivity contribution in [1.29, 1.82) is 0 Å². The summed E-state index contributed by atoms with van der Waals surface area (Å²) >= 11 is 0. The normalized spacial score (nSPS) is 19.1. The third-order valence-corrected chi connectivity index (χ3v) is 3.43. The Balaban J connectivity index is 2.03. The Labute approximate surface area is 104 Å². The molecule has 94 valence electrons. The van der Waals surface area contributed by atoms with Gasteiger partial charge in [-0.2, -0.15) is 0 Å². The van der Waals surface area contributed by atoms with Gasteiger partial charge in [0.15, 0.2) is 0 Å². The summed E-state index contributed by atoms with van der Waals surface area (Å²) in [4.78, 5) is 0. The fraction of sp³-hybridized carbons (Fsp3) is 0.600. The maximum atomic E-state index is 5.83. The van der Waals surface area contributed by atoms with Crippen molar-refractivity contribution in [1.82, 2.24) is 0 Å². The number of ether oxygens (including phenoxy) is 2. The van der Waals surface area contributed by atoms with Crippen molar-refractivity contribution in [3.05, 3.63) is 29.8 Å². The van der Waals surface area contributed by atoms with E-state index in [1.165, 1.54) is 12.0 Å². The summed E-state index contributed by atoms with van der Waals surface area (Å²) in [6.07, 6.45) is 2.56. The lowest BCUT2D eigenvalue weighted by Gasteiger charge is -2.24. The van der Waals surface area contributed by atoms with Crippen LogP contribution in [0.3, 0.4) is 0 Å². The second-order valence-corrected chi connectivity index (χ2v) is 5.57. The van der Waals surface area contributed by atoms with Crippen LogP contribution in [0, 0.1) is 5.41 Å². The molecule has 2 heteroatoms. The highest BCUT2D eigenvalue weighted by atomic mass is 16.6. The number of benzene rings is 1. The van der Waals surface area contributed by atoms with Crippen LogP contribution in [-0.4, -0.2) is 19.3 Å². The molecular weight excluding hydrogens is 212 g/mol. The Bertz CT molecular complexity index is 367. The maximum Gasteiger partial charge on any atom is 0.122 e. The van der Waals surface area contributed by atoms with Gasteiger partial charge >= 0.3 is 0 Å². The first kappa shape index (κ1) is 12.4. The number of epoxide rings is 1. The zero-order valence-electron chi connectivity index (χ0n) is 11.0. The van der Waals surface area contributed by atoms with Crippen LogP contribution < -0.4 is 4.74 Å². The van der Waals surface area contributed by atoms with Gasteiger partial charge in [0.2, 0.25) is 0 Å². The van der Waals surface area contributed by atoms with Crippen molar-refractivity contribution in [2.45, 2.75) is 39.7 Å². The van der Waals surface area contributed by atoms with Gasteiger partial charge in [-0.1, -0.05) is 45.4 Å². The lowest BCUT2D eigenvalue weighted by molar-refractivity contribution is 0.257. The summed E-state index contributed by atoms with van der Waals surface area (Å²) in [5.74, 6) is 1.02. The minimum absolute atomic E-state index is 0.322. The van der Waals surface area contributed by atoms with Gasteiger partial charge in [0.1, 0.15) is 18.5 Å². The van der Waals surface area contributed by atoms with E-state index in [9.17, 15) is 0 Å². The van der Waals surface area contributed by atoms with Crippen LogP contribution in [0.5, 0.6) is 5.75 Å². The summed E-state index contributed by atoms with van der Waals surface area (Å²) in [5.41, 5.74) is 1.63. The Morgan fingerprint density at radius 2 is 2.06 bits per heavy atom. The van der Waals surface area contributed by atoms with E-state index >= 15 is 0 Å². The molecule has 1 aliphatic heterocycles. The van der Waals surface area contributed by atoms with Crippen molar-refractivity contribution in [3.8, 4) is 5.75 Å². The molecule has 0 spiro atoms. The minimum atomic E-state index is 0.322. The second kappa shape index (κ2) is 5.09.